The van der Waals surface area contributed by atoms with Gasteiger partial charge >= 0.3 is 0 Å². The number of nitrogens with zero attached hydrogens (tertiary/aromatic N) is 3. The van der Waals surface area contributed by atoms with E-state index in [1.54, 1.807) is 53.7 Å². The quantitative estimate of drug-likeness (QED) is 0.537. The highest BCUT2D eigenvalue weighted by Crippen LogP contribution is 2.39. The molecule has 2 aliphatic rings. The fourth-order valence-electron chi connectivity index (χ4n) is 5.00. The molecule has 3 heterocycles. The van der Waals surface area contributed by atoms with Gasteiger partial charge in [-0.05, 0) is 54.1 Å². The zero-order chi connectivity index (χ0) is 26.7. The smallest absolute Gasteiger partial charge is 0.256 e. The zero-order valence-corrected chi connectivity index (χ0v) is 21.2. The molecule has 0 saturated carbocycles. The van der Waals surface area contributed by atoms with Crippen LogP contribution in [0.25, 0.3) is 0 Å². The van der Waals surface area contributed by atoms with E-state index in [1.807, 2.05) is 0 Å². The summed E-state index contributed by atoms with van der Waals surface area (Å²) in [7, 11) is 0. The second-order valence-corrected chi connectivity index (χ2v) is 9.77. The number of hydrogen-bond donors (Lipinski definition) is 1. The Balaban J connectivity index is 1.37. The van der Waals surface area contributed by atoms with Crippen LogP contribution < -0.4 is 5.32 Å². The van der Waals surface area contributed by atoms with Crippen LogP contribution in [0.1, 0.15) is 39.1 Å². The van der Waals surface area contributed by atoms with Gasteiger partial charge in [-0.3, -0.25) is 24.3 Å². The monoisotopic (exact) mass is 536 g/mol. The van der Waals surface area contributed by atoms with Crippen molar-refractivity contribution < 1.29 is 23.5 Å². The minimum atomic E-state index is -1.10. The van der Waals surface area contributed by atoms with E-state index in [1.165, 1.54) is 23.1 Å². The molecule has 5 rings (SSSR count). The van der Waals surface area contributed by atoms with Gasteiger partial charge in [-0.25, -0.2) is 4.39 Å². The number of rotatable bonds is 5. The second kappa shape index (κ2) is 10.9. The maximum Gasteiger partial charge on any atom is 0.256 e. The Bertz CT molecular complexity index is 1350. The number of amides is 3. The molecule has 2 fully saturated rings. The Morgan fingerprint density at radius 3 is 2.37 bits per heavy atom. The lowest BCUT2D eigenvalue weighted by molar-refractivity contribution is -0.128. The minimum absolute atomic E-state index is 0.00846. The van der Waals surface area contributed by atoms with Crippen LogP contribution in [0.4, 0.5) is 4.39 Å². The first-order valence-corrected chi connectivity index (χ1v) is 12.7. The summed E-state index contributed by atoms with van der Waals surface area (Å²) in [6.07, 6.45) is 3.86. The van der Waals surface area contributed by atoms with E-state index in [0.29, 0.717) is 36.5 Å². The number of likely N-dealkylation sites (tertiary alicyclic amines) is 1. The number of ether oxygens (including phenoxy) is 1. The molecular formula is C28H26ClFN4O4. The van der Waals surface area contributed by atoms with Crippen LogP contribution in [0.15, 0.2) is 73.1 Å². The number of carbonyl (C=O) groups excluding carboxylic acids is 3. The molecule has 1 atom stereocenters. The van der Waals surface area contributed by atoms with Crippen molar-refractivity contribution in [3.05, 3.63) is 101 Å². The van der Waals surface area contributed by atoms with Crippen LogP contribution in [0.2, 0.25) is 5.02 Å². The van der Waals surface area contributed by atoms with Gasteiger partial charge in [0, 0.05) is 61.0 Å². The summed E-state index contributed by atoms with van der Waals surface area (Å²) >= 11 is 6.06. The normalized spacial score (nSPS) is 18.4. The van der Waals surface area contributed by atoms with Gasteiger partial charge in [-0.2, -0.15) is 0 Å². The molecule has 1 unspecified atom stereocenters. The van der Waals surface area contributed by atoms with Crippen LogP contribution in [0.5, 0.6) is 0 Å². The fraction of sp³-hybridized carbons (Fsp3) is 0.286. The summed E-state index contributed by atoms with van der Waals surface area (Å²) in [5.74, 6) is -1.60. The van der Waals surface area contributed by atoms with Gasteiger partial charge in [0.15, 0.2) is 0 Å². The molecule has 8 nitrogen and oxygen atoms in total. The van der Waals surface area contributed by atoms with Crippen molar-refractivity contribution in [2.24, 2.45) is 0 Å². The van der Waals surface area contributed by atoms with Crippen molar-refractivity contribution in [1.82, 2.24) is 20.1 Å². The van der Waals surface area contributed by atoms with E-state index in [9.17, 15) is 18.8 Å². The third-order valence-corrected chi connectivity index (χ3v) is 7.21. The topological polar surface area (TPSA) is 91.8 Å². The molecule has 38 heavy (non-hydrogen) atoms. The minimum Gasteiger partial charge on any atom is -0.353 e. The van der Waals surface area contributed by atoms with E-state index < -0.39 is 23.5 Å². The van der Waals surface area contributed by atoms with Crippen molar-refractivity contribution in [2.75, 3.05) is 19.7 Å². The van der Waals surface area contributed by atoms with Crippen molar-refractivity contribution in [1.29, 1.82) is 0 Å². The molecule has 2 aromatic carbocycles. The maximum absolute atomic E-state index is 14.0. The summed E-state index contributed by atoms with van der Waals surface area (Å²) in [6, 6.07) is 14.8. The van der Waals surface area contributed by atoms with Gasteiger partial charge in [0.25, 0.3) is 11.8 Å². The summed E-state index contributed by atoms with van der Waals surface area (Å²) < 4.78 is 20.2. The largest absolute Gasteiger partial charge is 0.353 e. The summed E-state index contributed by atoms with van der Waals surface area (Å²) in [5.41, 5.74) is 0.353. The number of hydrogen-bond acceptors (Lipinski definition) is 5. The number of piperidine rings is 1. The van der Waals surface area contributed by atoms with Crippen LogP contribution in [-0.2, 0) is 16.1 Å². The molecule has 0 bridgehead atoms. The molecule has 10 heteroatoms. The van der Waals surface area contributed by atoms with Crippen LogP contribution in [0.3, 0.4) is 0 Å². The lowest BCUT2D eigenvalue weighted by atomic mass is 9.96. The molecule has 1 aromatic heterocycles. The van der Waals surface area contributed by atoms with Crippen LogP contribution in [0, 0.1) is 5.82 Å². The highest BCUT2D eigenvalue weighted by atomic mass is 35.5. The van der Waals surface area contributed by atoms with Gasteiger partial charge in [0.1, 0.15) is 17.6 Å². The highest BCUT2D eigenvalue weighted by molar-refractivity contribution is 6.30. The number of carbonyl (C=O) groups is 3. The summed E-state index contributed by atoms with van der Waals surface area (Å²) in [5, 5.41) is 3.34. The molecule has 3 aromatic rings. The number of halogens is 2. The molecule has 0 aliphatic carbocycles. The predicted octanol–water partition coefficient (Wildman–Crippen LogP) is 3.66. The van der Waals surface area contributed by atoms with E-state index in [4.69, 9.17) is 16.3 Å². The molecule has 2 aliphatic heterocycles. The second-order valence-electron chi connectivity index (χ2n) is 9.33. The van der Waals surface area contributed by atoms with Crippen LogP contribution in [-0.4, -0.2) is 64.0 Å². The summed E-state index contributed by atoms with van der Waals surface area (Å²) in [6.45, 7) is 0.869. The van der Waals surface area contributed by atoms with Gasteiger partial charge in [-0.1, -0.05) is 23.7 Å². The number of aromatic nitrogens is 1. The Kier molecular flexibility index (Phi) is 7.40. The molecule has 0 radical (unpaired) electrons. The Morgan fingerprint density at radius 1 is 1.00 bits per heavy atom. The van der Waals surface area contributed by atoms with E-state index >= 15 is 0 Å². The maximum atomic E-state index is 14.0. The molecular weight excluding hydrogens is 511 g/mol. The van der Waals surface area contributed by atoms with Crippen molar-refractivity contribution in [2.45, 2.75) is 31.2 Å². The number of benzene rings is 2. The first-order valence-electron chi connectivity index (χ1n) is 12.3. The first-order chi connectivity index (χ1) is 18.4. The standard InChI is InChI=1S/C28H26ClFN4O4/c29-22-5-1-3-20(15-22)26(36)33-13-9-28(10-14-33)34(27(37)21-4-2-6-23(30)16-21)24(18-38-28)25(35)32-17-19-7-11-31-12-8-19/h1-8,11-12,15-16,24H,9-10,13-14,17-18H2,(H,32,35). The van der Waals surface area contributed by atoms with Gasteiger partial charge in [0.05, 0.1) is 6.61 Å². The van der Waals surface area contributed by atoms with Crippen molar-refractivity contribution in [3.8, 4) is 0 Å². The Morgan fingerprint density at radius 2 is 1.68 bits per heavy atom. The van der Waals surface area contributed by atoms with E-state index in [2.05, 4.69) is 10.3 Å². The Hall–Kier alpha value is -3.82. The molecule has 1 spiro atoms. The lowest BCUT2D eigenvalue weighted by Crippen LogP contribution is -2.59. The van der Waals surface area contributed by atoms with Gasteiger partial charge in [-0.15, -0.1) is 0 Å². The predicted molar refractivity (Wildman–Crippen MR) is 138 cm³/mol. The van der Waals surface area contributed by atoms with Gasteiger partial charge < -0.3 is 15.0 Å². The zero-order valence-electron chi connectivity index (χ0n) is 20.5. The number of nitrogens with one attached hydrogen (secondary N) is 1. The van der Waals surface area contributed by atoms with Crippen LogP contribution >= 0.6 is 11.6 Å². The van der Waals surface area contributed by atoms with Gasteiger partial charge in [0.2, 0.25) is 5.91 Å². The SMILES string of the molecule is O=C(NCc1ccncc1)C1COC2(CCN(C(=O)c3cccc(Cl)c3)CC2)N1C(=O)c1cccc(F)c1. The molecule has 2 saturated heterocycles. The number of pyridine rings is 1. The van der Waals surface area contributed by atoms with E-state index in [-0.39, 0.29) is 30.5 Å². The summed E-state index contributed by atoms with van der Waals surface area (Å²) in [4.78, 5) is 47.2. The first kappa shape index (κ1) is 25.8. The fourth-order valence-corrected chi connectivity index (χ4v) is 5.19. The third kappa shape index (κ3) is 5.25. The molecule has 3 amide bonds. The average molecular weight is 537 g/mol. The third-order valence-electron chi connectivity index (χ3n) is 6.97. The molecule has 1 N–H and O–H groups in total. The highest BCUT2D eigenvalue weighted by Gasteiger charge is 2.54. The average Bonchev–Trinajstić information content (AvgIpc) is 3.30. The van der Waals surface area contributed by atoms with E-state index in [0.717, 1.165) is 11.6 Å². The Labute approximate surface area is 224 Å². The van der Waals surface area contributed by atoms with Crippen molar-refractivity contribution in [3.63, 3.8) is 0 Å². The van der Waals surface area contributed by atoms with Crippen molar-refractivity contribution >= 4 is 29.3 Å². The molecule has 196 valence electrons. The lowest BCUT2D eigenvalue weighted by Gasteiger charge is -2.44.